The van der Waals surface area contributed by atoms with Gasteiger partial charge in [-0.25, -0.2) is 0 Å². The first-order valence-electron chi connectivity index (χ1n) is 7.49. The molecular weight excluding hydrogens is 268 g/mol. The van der Waals surface area contributed by atoms with Crippen LogP contribution in [0, 0.1) is 0 Å². The van der Waals surface area contributed by atoms with E-state index < -0.39 is 11.8 Å². The van der Waals surface area contributed by atoms with Gasteiger partial charge in [0.25, 0.3) is 0 Å². The number of ether oxygens (including phenoxy) is 1. The summed E-state index contributed by atoms with van der Waals surface area (Å²) >= 11 is 0. The van der Waals surface area contributed by atoms with E-state index in [0.29, 0.717) is 18.8 Å². The highest BCUT2D eigenvalue weighted by Gasteiger charge is 2.12. The van der Waals surface area contributed by atoms with Crippen LogP contribution in [0.1, 0.15) is 39.5 Å². The van der Waals surface area contributed by atoms with E-state index in [1.807, 2.05) is 6.92 Å². The van der Waals surface area contributed by atoms with E-state index in [4.69, 9.17) is 4.74 Å². The molecule has 0 bridgehead atoms. The van der Waals surface area contributed by atoms with Crippen LogP contribution in [-0.4, -0.2) is 25.0 Å². The van der Waals surface area contributed by atoms with Crippen molar-refractivity contribution in [3.8, 4) is 5.75 Å². The molecule has 5 nitrogen and oxygen atoms in total. The SMILES string of the molecule is CCCCCOc1ccc(NC(=O)C(=O)NCCC)cc1. The van der Waals surface area contributed by atoms with Crippen LogP contribution in [0.3, 0.4) is 0 Å². The fraction of sp³-hybridized carbons (Fsp3) is 0.500. The summed E-state index contributed by atoms with van der Waals surface area (Å²) in [5.74, 6) is -0.503. The molecule has 0 saturated heterocycles. The third-order valence-corrected chi connectivity index (χ3v) is 2.87. The summed E-state index contributed by atoms with van der Waals surface area (Å²) in [6.07, 6.45) is 4.14. The Labute approximate surface area is 126 Å². The van der Waals surface area contributed by atoms with Crippen molar-refractivity contribution in [1.82, 2.24) is 5.32 Å². The predicted molar refractivity (Wildman–Crippen MR) is 83.4 cm³/mol. The van der Waals surface area contributed by atoms with Crippen molar-refractivity contribution < 1.29 is 14.3 Å². The van der Waals surface area contributed by atoms with Crippen LogP contribution in [-0.2, 0) is 9.59 Å². The van der Waals surface area contributed by atoms with Gasteiger partial charge < -0.3 is 15.4 Å². The van der Waals surface area contributed by atoms with Gasteiger partial charge in [-0.05, 0) is 37.1 Å². The van der Waals surface area contributed by atoms with E-state index in [2.05, 4.69) is 17.6 Å². The lowest BCUT2D eigenvalue weighted by Gasteiger charge is -2.08. The van der Waals surface area contributed by atoms with Crippen LogP contribution >= 0.6 is 0 Å². The van der Waals surface area contributed by atoms with Crippen LogP contribution in [0.5, 0.6) is 5.75 Å². The Morgan fingerprint density at radius 2 is 1.71 bits per heavy atom. The molecule has 21 heavy (non-hydrogen) atoms. The van der Waals surface area contributed by atoms with Crippen LogP contribution in [0.25, 0.3) is 0 Å². The Balaban J connectivity index is 2.39. The number of benzene rings is 1. The number of anilines is 1. The second-order valence-corrected chi connectivity index (χ2v) is 4.79. The molecular formula is C16H24N2O3. The highest BCUT2D eigenvalue weighted by Crippen LogP contribution is 2.16. The van der Waals surface area contributed by atoms with Crippen LogP contribution in [0.15, 0.2) is 24.3 Å². The summed E-state index contributed by atoms with van der Waals surface area (Å²) in [4.78, 5) is 23.0. The van der Waals surface area contributed by atoms with Crippen molar-refractivity contribution in [3.05, 3.63) is 24.3 Å². The maximum Gasteiger partial charge on any atom is 0.313 e. The maximum atomic E-state index is 11.6. The Kier molecular flexibility index (Phi) is 7.94. The van der Waals surface area contributed by atoms with Crippen molar-refractivity contribution in [2.45, 2.75) is 39.5 Å². The van der Waals surface area contributed by atoms with Gasteiger partial charge in [0, 0.05) is 12.2 Å². The van der Waals surface area contributed by atoms with Gasteiger partial charge in [0.05, 0.1) is 6.61 Å². The smallest absolute Gasteiger partial charge is 0.313 e. The highest BCUT2D eigenvalue weighted by atomic mass is 16.5. The average molecular weight is 292 g/mol. The molecule has 0 heterocycles. The topological polar surface area (TPSA) is 67.4 Å². The second kappa shape index (κ2) is 9.80. The second-order valence-electron chi connectivity index (χ2n) is 4.79. The molecule has 0 aliphatic rings. The number of nitrogens with one attached hydrogen (secondary N) is 2. The molecule has 0 saturated carbocycles. The van der Waals surface area contributed by atoms with Crippen molar-refractivity contribution in [3.63, 3.8) is 0 Å². The minimum absolute atomic E-state index is 0.497. The molecule has 0 fully saturated rings. The molecule has 1 aromatic rings. The van der Waals surface area contributed by atoms with Gasteiger partial charge in [-0.2, -0.15) is 0 Å². The molecule has 1 rings (SSSR count). The fourth-order valence-corrected chi connectivity index (χ4v) is 1.68. The van der Waals surface area contributed by atoms with E-state index in [1.54, 1.807) is 24.3 Å². The van der Waals surface area contributed by atoms with Crippen LogP contribution in [0.2, 0.25) is 0 Å². The molecule has 0 aliphatic heterocycles. The molecule has 116 valence electrons. The molecule has 0 aromatic heterocycles. The third-order valence-electron chi connectivity index (χ3n) is 2.87. The molecule has 0 radical (unpaired) electrons. The van der Waals surface area contributed by atoms with Gasteiger partial charge in [0.1, 0.15) is 5.75 Å². The van der Waals surface area contributed by atoms with Crippen LogP contribution in [0.4, 0.5) is 5.69 Å². The van der Waals surface area contributed by atoms with Crippen molar-refractivity contribution >= 4 is 17.5 Å². The van der Waals surface area contributed by atoms with Crippen molar-refractivity contribution in [2.24, 2.45) is 0 Å². The minimum Gasteiger partial charge on any atom is -0.494 e. The Morgan fingerprint density at radius 1 is 1.00 bits per heavy atom. The zero-order valence-electron chi connectivity index (χ0n) is 12.8. The molecule has 5 heteroatoms. The molecule has 2 N–H and O–H groups in total. The maximum absolute atomic E-state index is 11.6. The fourth-order valence-electron chi connectivity index (χ4n) is 1.68. The zero-order valence-corrected chi connectivity index (χ0v) is 12.8. The van der Waals surface area contributed by atoms with E-state index >= 15 is 0 Å². The number of carbonyl (C=O) groups excluding carboxylic acids is 2. The lowest BCUT2D eigenvalue weighted by atomic mass is 10.2. The first-order chi connectivity index (χ1) is 10.2. The number of hydrogen-bond donors (Lipinski definition) is 2. The molecule has 0 unspecified atom stereocenters. The number of hydrogen-bond acceptors (Lipinski definition) is 3. The monoisotopic (exact) mass is 292 g/mol. The third kappa shape index (κ3) is 6.79. The molecule has 0 aliphatic carbocycles. The summed E-state index contributed by atoms with van der Waals surface area (Å²) in [7, 11) is 0. The van der Waals surface area contributed by atoms with E-state index in [9.17, 15) is 9.59 Å². The summed E-state index contributed by atoms with van der Waals surface area (Å²) in [5, 5.41) is 5.08. The minimum atomic E-state index is -0.653. The molecule has 0 spiro atoms. The van der Waals surface area contributed by atoms with Gasteiger partial charge in [0.2, 0.25) is 0 Å². The lowest BCUT2D eigenvalue weighted by molar-refractivity contribution is -0.136. The van der Waals surface area contributed by atoms with Gasteiger partial charge in [0.15, 0.2) is 0 Å². The highest BCUT2D eigenvalue weighted by molar-refractivity contribution is 6.39. The first-order valence-corrected chi connectivity index (χ1v) is 7.49. The summed E-state index contributed by atoms with van der Waals surface area (Å²) in [5.41, 5.74) is 0.576. The standard InChI is InChI=1S/C16H24N2O3/c1-3-5-6-12-21-14-9-7-13(8-10-14)18-16(20)15(19)17-11-4-2/h7-10H,3-6,11-12H2,1-2H3,(H,17,19)(H,18,20). The Morgan fingerprint density at radius 3 is 2.33 bits per heavy atom. The quantitative estimate of drug-likeness (QED) is 0.572. The number of amides is 2. The largest absolute Gasteiger partial charge is 0.494 e. The van der Waals surface area contributed by atoms with Crippen molar-refractivity contribution in [2.75, 3.05) is 18.5 Å². The molecule has 2 amide bonds. The Hall–Kier alpha value is -2.04. The van der Waals surface area contributed by atoms with E-state index in [1.165, 1.54) is 0 Å². The number of carbonyl (C=O) groups is 2. The number of unbranched alkanes of at least 4 members (excludes halogenated alkanes) is 2. The van der Waals surface area contributed by atoms with Crippen LogP contribution < -0.4 is 15.4 Å². The molecule has 1 aromatic carbocycles. The molecule has 0 atom stereocenters. The van der Waals surface area contributed by atoms with E-state index in [-0.39, 0.29) is 0 Å². The van der Waals surface area contributed by atoms with Gasteiger partial charge in [-0.3, -0.25) is 9.59 Å². The average Bonchev–Trinajstić information content (AvgIpc) is 2.50. The summed E-state index contributed by atoms with van der Waals surface area (Å²) in [6, 6.07) is 7.01. The number of rotatable bonds is 8. The predicted octanol–water partition coefficient (Wildman–Crippen LogP) is 2.72. The van der Waals surface area contributed by atoms with Gasteiger partial charge >= 0.3 is 11.8 Å². The first kappa shape index (κ1) is 17.0. The normalized spacial score (nSPS) is 10.0. The lowest BCUT2D eigenvalue weighted by Crippen LogP contribution is -2.35. The summed E-state index contributed by atoms with van der Waals surface area (Å²) < 4.78 is 5.58. The van der Waals surface area contributed by atoms with Gasteiger partial charge in [-0.15, -0.1) is 0 Å². The van der Waals surface area contributed by atoms with E-state index in [0.717, 1.165) is 31.4 Å². The summed E-state index contributed by atoms with van der Waals surface area (Å²) in [6.45, 7) is 5.27. The van der Waals surface area contributed by atoms with Gasteiger partial charge in [-0.1, -0.05) is 26.7 Å². The van der Waals surface area contributed by atoms with Crippen molar-refractivity contribution in [1.29, 1.82) is 0 Å². The Bertz CT molecular complexity index is 443. The zero-order chi connectivity index (χ0) is 15.5.